The average molecular weight is 522 g/mol. The highest BCUT2D eigenvalue weighted by molar-refractivity contribution is 5.96. The van der Waals surface area contributed by atoms with Crippen molar-refractivity contribution in [2.24, 2.45) is 0 Å². The van der Waals surface area contributed by atoms with Crippen LogP contribution in [0.25, 0.3) is 0 Å². The molecular formula is C25H22F4N2O6. The Kier molecular flexibility index (Phi) is 8.21. The first-order valence-electron chi connectivity index (χ1n) is 10.8. The number of amides is 1. The fourth-order valence-corrected chi connectivity index (χ4v) is 3.71. The van der Waals surface area contributed by atoms with Crippen molar-refractivity contribution in [3.8, 4) is 11.5 Å². The van der Waals surface area contributed by atoms with Gasteiger partial charge in [0.15, 0.2) is 35.2 Å². The maximum Gasteiger partial charge on any atom is 0.328 e. The normalized spacial score (nSPS) is 12.6. The number of aromatic hydroxyl groups is 1. The largest absolute Gasteiger partial charge is 0.618 e. The monoisotopic (exact) mass is 522 g/mol. The summed E-state index contributed by atoms with van der Waals surface area (Å²) in [6.07, 6.45) is -0.219. The van der Waals surface area contributed by atoms with Crippen molar-refractivity contribution in [1.29, 1.82) is 0 Å². The zero-order valence-electron chi connectivity index (χ0n) is 19.8. The summed E-state index contributed by atoms with van der Waals surface area (Å²) in [5.41, 5.74) is -0.514. The highest BCUT2D eigenvalue weighted by Gasteiger charge is 2.31. The molecule has 8 nitrogen and oxygen atoms in total. The molecule has 1 heterocycles. The minimum atomic E-state index is -1.35. The molecule has 37 heavy (non-hydrogen) atoms. The fourth-order valence-electron chi connectivity index (χ4n) is 3.71. The number of carbonyl (C=O) groups excluding carboxylic acids is 2. The van der Waals surface area contributed by atoms with Gasteiger partial charge < -0.3 is 25.1 Å². The molecule has 0 radical (unpaired) electrons. The summed E-state index contributed by atoms with van der Waals surface area (Å²) in [6, 6.07) is 5.56. The quantitative estimate of drug-likeness (QED) is 0.203. The lowest BCUT2D eigenvalue weighted by atomic mass is 9.87. The van der Waals surface area contributed by atoms with Gasteiger partial charge in [0.25, 0.3) is 0 Å². The van der Waals surface area contributed by atoms with Crippen LogP contribution in [0.4, 0.5) is 17.6 Å². The fraction of sp³-hybridized carbons (Fsp3) is 0.240. The van der Waals surface area contributed by atoms with Gasteiger partial charge in [0, 0.05) is 12.0 Å². The number of benzene rings is 2. The van der Waals surface area contributed by atoms with E-state index >= 15 is 0 Å². The number of hydrogen-bond acceptors (Lipinski definition) is 6. The molecule has 0 aliphatic heterocycles. The SMILES string of the molecule is COc1cc[n+]([O-])c(C(=O)N[C@@H](C)C(=O)O[C@@H](C)C(c2ccc(F)c(F)c2)c2ccc(F)c(F)c2)c1O. The van der Waals surface area contributed by atoms with Crippen LogP contribution in [-0.4, -0.2) is 36.2 Å². The zero-order valence-corrected chi connectivity index (χ0v) is 19.8. The maximum atomic E-state index is 14.0. The molecule has 1 aromatic heterocycles. The lowest BCUT2D eigenvalue weighted by Gasteiger charge is -2.26. The molecule has 196 valence electrons. The second kappa shape index (κ2) is 11.1. The summed E-state index contributed by atoms with van der Waals surface area (Å²) < 4.78 is 65.3. The molecule has 0 aliphatic rings. The molecule has 0 unspecified atom stereocenters. The predicted molar refractivity (Wildman–Crippen MR) is 121 cm³/mol. The molecule has 3 aromatic rings. The number of rotatable bonds is 8. The molecular weight excluding hydrogens is 500 g/mol. The van der Waals surface area contributed by atoms with E-state index in [-0.39, 0.29) is 21.6 Å². The summed E-state index contributed by atoms with van der Waals surface area (Å²) in [5, 5.41) is 24.3. The van der Waals surface area contributed by atoms with E-state index in [0.717, 1.165) is 36.5 Å². The summed E-state index contributed by atoms with van der Waals surface area (Å²) in [7, 11) is 1.21. The van der Waals surface area contributed by atoms with Crippen molar-refractivity contribution in [1.82, 2.24) is 5.32 Å². The van der Waals surface area contributed by atoms with Gasteiger partial charge >= 0.3 is 17.6 Å². The molecule has 0 bridgehead atoms. The van der Waals surface area contributed by atoms with Crippen LogP contribution in [0.15, 0.2) is 48.7 Å². The predicted octanol–water partition coefficient (Wildman–Crippen LogP) is 3.47. The van der Waals surface area contributed by atoms with E-state index < -0.39 is 64.7 Å². The molecule has 2 aromatic carbocycles. The van der Waals surface area contributed by atoms with Gasteiger partial charge in [-0.2, -0.15) is 4.73 Å². The Labute approximate surface area is 208 Å². The van der Waals surface area contributed by atoms with E-state index in [4.69, 9.17) is 9.47 Å². The van der Waals surface area contributed by atoms with Crippen LogP contribution in [0.5, 0.6) is 11.5 Å². The zero-order chi connectivity index (χ0) is 27.4. The molecule has 2 N–H and O–H groups in total. The van der Waals surface area contributed by atoms with E-state index in [9.17, 15) is 37.5 Å². The van der Waals surface area contributed by atoms with Gasteiger partial charge in [-0.15, -0.1) is 0 Å². The van der Waals surface area contributed by atoms with E-state index in [1.807, 2.05) is 0 Å². The van der Waals surface area contributed by atoms with Gasteiger partial charge in [-0.1, -0.05) is 12.1 Å². The number of aromatic nitrogens is 1. The number of nitrogens with one attached hydrogen (secondary N) is 1. The van der Waals surface area contributed by atoms with Crippen LogP contribution < -0.4 is 14.8 Å². The molecule has 0 fully saturated rings. The summed E-state index contributed by atoms with van der Waals surface area (Å²) in [6.45, 7) is 2.63. The minimum Gasteiger partial charge on any atom is -0.618 e. The third-order valence-electron chi connectivity index (χ3n) is 5.55. The van der Waals surface area contributed by atoms with Crippen molar-refractivity contribution in [2.45, 2.75) is 31.9 Å². The lowest BCUT2D eigenvalue weighted by Crippen LogP contribution is -2.46. The number of ether oxygens (including phenoxy) is 2. The Balaban J connectivity index is 1.84. The topological polar surface area (TPSA) is 112 Å². The maximum absolute atomic E-state index is 14.0. The molecule has 0 saturated heterocycles. The highest BCUT2D eigenvalue weighted by atomic mass is 19.2. The molecule has 2 atom stereocenters. The Bertz CT molecular complexity index is 1290. The number of pyridine rings is 1. The Morgan fingerprint density at radius 1 is 0.946 bits per heavy atom. The van der Waals surface area contributed by atoms with Crippen molar-refractivity contribution < 1.29 is 46.5 Å². The van der Waals surface area contributed by atoms with Crippen molar-refractivity contribution in [2.75, 3.05) is 7.11 Å². The Hall–Kier alpha value is -4.35. The number of nitrogens with zero attached hydrogens (tertiary/aromatic N) is 1. The molecule has 3 rings (SSSR count). The van der Waals surface area contributed by atoms with Gasteiger partial charge in [0.2, 0.25) is 5.75 Å². The summed E-state index contributed by atoms with van der Waals surface area (Å²) in [5.74, 6) is -8.73. The standard InChI is InChI=1S/C25H22F4N2O6/c1-12(30-24(33)22-23(32)20(36-3)8-9-31(22)35)25(34)37-13(2)21(14-4-6-16(26)18(28)10-14)15-5-7-17(27)19(29)11-15/h4-13,21,32H,1-3H3,(H,30,33)/t12-,13-/m0/s1. The van der Waals surface area contributed by atoms with E-state index in [1.54, 1.807) is 0 Å². The average Bonchev–Trinajstić information content (AvgIpc) is 2.83. The first kappa shape index (κ1) is 27.2. The third-order valence-corrected chi connectivity index (χ3v) is 5.55. The summed E-state index contributed by atoms with van der Waals surface area (Å²) >= 11 is 0. The van der Waals surface area contributed by atoms with Crippen LogP contribution in [-0.2, 0) is 9.53 Å². The molecule has 1 amide bonds. The van der Waals surface area contributed by atoms with Gasteiger partial charge in [0.1, 0.15) is 12.1 Å². The minimum absolute atomic E-state index is 0.0794. The number of esters is 1. The van der Waals surface area contributed by atoms with Crippen LogP contribution in [0.3, 0.4) is 0 Å². The molecule has 0 saturated carbocycles. The van der Waals surface area contributed by atoms with Gasteiger partial charge in [0.05, 0.1) is 7.11 Å². The van der Waals surface area contributed by atoms with Crippen LogP contribution in [0.1, 0.15) is 41.4 Å². The van der Waals surface area contributed by atoms with Crippen molar-refractivity contribution in [3.63, 3.8) is 0 Å². The van der Waals surface area contributed by atoms with E-state index in [2.05, 4.69) is 5.32 Å². The number of methoxy groups -OCH3 is 1. The van der Waals surface area contributed by atoms with Gasteiger partial charge in [-0.25, -0.2) is 22.4 Å². The molecule has 0 spiro atoms. The second-order valence-corrected chi connectivity index (χ2v) is 8.07. The lowest BCUT2D eigenvalue weighted by molar-refractivity contribution is -0.608. The third kappa shape index (κ3) is 5.90. The number of carbonyl (C=O) groups is 2. The first-order valence-corrected chi connectivity index (χ1v) is 10.8. The summed E-state index contributed by atoms with van der Waals surface area (Å²) in [4.78, 5) is 25.3. The van der Waals surface area contributed by atoms with Crippen LogP contribution in [0, 0.1) is 28.5 Å². The van der Waals surface area contributed by atoms with Crippen molar-refractivity contribution >= 4 is 11.9 Å². The number of halogens is 4. The smallest absolute Gasteiger partial charge is 0.328 e. The molecule has 12 heteroatoms. The second-order valence-electron chi connectivity index (χ2n) is 8.07. The highest BCUT2D eigenvalue weighted by Crippen LogP contribution is 2.32. The van der Waals surface area contributed by atoms with Crippen molar-refractivity contribution in [3.05, 3.63) is 94.0 Å². The Morgan fingerprint density at radius 2 is 1.49 bits per heavy atom. The molecule has 0 aliphatic carbocycles. The number of hydrogen-bond donors (Lipinski definition) is 2. The first-order chi connectivity index (χ1) is 17.4. The van der Waals surface area contributed by atoms with E-state index in [0.29, 0.717) is 0 Å². The van der Waals surface area contributed by atoms with Gasteiger partial charge in [-0.05, 0) is 49.2 Å². The van der Waals surface area contributed by atoms with E-state index in [1.165, 1.54) is 33.1 Å². The Morgan fingerprint density at radius 3 is 1.97 bits per heavy atom. The van der Waals surface area contributed by atoms with Crippen LogP contribution in [0.2, 0.25) is 0 Å². The van der Waals surface area contributed by atoms with Gasteiger partial charge in [-0.3, -0.25) is 4.79 Å². The van der Waals surface area contributed by atoms with Crippen LogP contribution >= 0.6 is 0 Å².